The van der Waals surface area contributed by atoms with Crippen LogP contribution in [0.4, 0.5) is 0 Å². The van der Waals surface area contributed by atoms with Crippen LogP contribution in [0.1, 0.15) is 0 Å². The maximum Gasteiger partial charge on any atom is 0 e. The molecule has 0 aromatic rings. The molecule has 0 atom stereocenters. The summed E-state index contributed by atoms with van der Waals surface area (Å²) in [5.74, 6) is 0. The van der Waals surface area contributed by atoms with Crippen LogP contribution < -0.4 is 10.6 Å². The fourth-order valence-corrected chi connectivity index (χ4v) is 0. The molecule has 46 valence electrons. The fraction of sp³-hybridized carbons (Fsp3) is 1.00. The van der Waals surface area contributed by atoms with Gasteiger partial charge in [-0.3, -0.25) is 0 Å². The van der Waals surface area contributed by atoms with E-state index >= 15 is 0 Å². The monoisotopic (exact) mass is 274 g/mol. The van der Waals surface area contributed by atoms with Gasteiger partial charge in [-0.15, -0.1) is 0 Å². The smallest absolute Gasteiger partial charge is 0 e. The van der Waals surface area contributed by atoms with E-state index in [0.717, 1.165) is 0 Å². The van der Waals surface area contributed by atoms with Crippen molar-refractivity contribution < 1.29 is 21.1 Å². The minimum absolute atomic E-state index is 0. The van der Waals surface area contributed by atoms with Gasteiger partial charge in [-0.2, -0.15) is 0 Å². The van der Waals surface area contributed by atoms with Gasteiger partial charge in [0.05, 0.1) is 0 Å². The van der Waals surface area contributed by atoms with Gasteiger partial charge >= 0.3 is 0 Å². The largest absolute Gasteiger partial charge is 0.323 e. The van der Waals surface area contributed by atoms with Gasteiger partial charge in [0.2, 0.25) is 0 Å². The van der Waals surface area contributed by atoms with Gasteiger partial charge < -0.3 is 10.6 Å². The first-order valence-electron chi connectivity index (χ1n) is 2.00. The zero-order chi connectivity index (χ0) is 5.41. The van der Waals surface area contributed by atoms with Crippen LogP contribution in [0.3, 0.4) is 0 Å². The topological polar surface area (TPSA) is 24.1 Å². The molecule has 2 N–H and O–H groups in total. The van der Waals surface area contributed by atoms with Crippen molar-refractivity contribution in [1.82, 2.24) is 10.6 Å². The summed E-state index contributed by atoms with van der Waals surface area (Å²) in [6, 6.07) is 0. The number of hydrogen-bond acceptors (Lipinski definition) is 2. The van der Waals surface area contributed by atoms with E-state index in [4.69, 9.17) is 0 Å². The van der Waals surface area contributed by atoms with E-state index in [0.29, 0.717) is 0 Å². The number of nitrogens with one attached hydrogen (secondary N) is 2. The van der Waals surface area contributed by atoms with Crippen LogP contribution in [-0.4, -0.2) is 28.2 Å². The summed E-state index contributed by atoms with van der Waals surface area (Å²) in [5.41, 5.74) is 0. The minimum atomic E-state index is 0. The van der Waals surface area contributed by atoms with E-state index < -0.39 is 0 Å². The summed E-state index contributed by atoms with van der Waals surface area (Å²) in [5, 5.41) is 5.50. The summed E-state index contributed by atoms with van der Waals surface area (Å²) in [7, 11) is 7.50. The van der Waals surface area contributed by atoms with Crippen molar-refractivity contribution in [3.05, 3.63) is 0 Å². The zero-order valence-corrected chi connectivity index (χ0v) is 8.34. The second-order valence-corrected chi connectivity index (χ2v) is 1.00. The Balaban J connectivity index is -0.0000000400. The molecule has 0 aliphatic rings. The molecule has 0 amide bonds. The molecule has 0 rings (SSSR count). The van der Waals surface area contributed by atoms with Crippen LogP contribution in [-0.2, 0) is 21.1 Å². The van der Waals surface area contributed by atoms with Crippen molar-refractivity contribution in [2.45, 2.75) is 0 Å². The van der Waals surface area contributed by atoms with Crippen LogP contribution in [0.2, 0.25) is 0 Å². The molecule has 0 fully saturated rings. The minimum Gasteiger partial charge on any atom is -0.323 e. The number of hydrogen-bond donors (Lipinski definition) is 2. The van der Waals surface area contributed by atoms with Crippen molar-refractivity contribution in [2.24, 2.45) is 0 Å². The van der Waals surface area contributed by atoms with Gasteiger partial charge in [0.25, 0.3) is 0 Å². The van der Waals surface area contributed by atoms with E-state index in [-0.39, 0.29) is 21.1 Å². The molecular weight excluding hydrogens is 260 g/mol. The maximum absolute atomic E-state index is 2.75. The third kappa shape index (κ3) is 379. The molecule has 0 saturated carbocycles. The SMILES string of the molecule is CNC.CNC.[W]. The van der Waals surface area contributed by atoms with E-state index in [1.54, 1.807) is 0 Å². The van der Waals surface area contributed by atoms with Crippen LogP contribution in [0.25, 0.3) is 0 Å². The van der Waals surface area contributed by atoms with Crippen LogP contribution in [0.15, 0.2) is 0 Å². The van der Waals surface area contributed by atoms with Gasteiger partial charge in [0, 0.05) is 21.1 Å². The molecule has 0 unspecified atom stereocenters. The molecule has 0 heterocycles. The Kier molecular flexibility index (Phi) is 68.3. The summed E-state index contributed by atoms with van der Waals surface area (Å²) in [6.07, 6.45) is 0. The predicted molar refractivity (Wildman–Crippen MR) is 30.0 cm³/mol. The molecular formula is C4H14N2W. The summed E-state index contributed by atoms with van der Waals surface area (Å²) < 4.78 is 0. The Morgan fingerprint density at radius 1 is 0.714 bits per heavy atom. The van der Waals surface area contributed by atoms with E-state index in [2.05, 4.69) is 10.6 Å². The van der Waals surface area contributed by atoms with E-state index in [1.807, 2.05) is 28.2 Å². The summed E-state index contributed by atoms with van der Waals surface area (Å²) in [6.45, 7) is 0. The zero-order valence-electron chi connectivity index (χ0n) is 5.41. The Bertz CT molecular complexity index is 11.7. The molecule has 0 saturated heterocycles. The first-order chi connectivity index (χ1) is 2.83. The molecule has 2 nitrogen and oxygen atoms in total. The maximum atomic E-state index is 2.75. The normalized spacial score (nSPS) is 5.14. The van der Waals surface area contributed by atoms with Crippen molar-refractivity contribution >= 4 is 0 Å². The molecule has 0 radical (unpaired) electrons. The van der Waals surface area contributed by atoms with Crippen LogP contribution in [0, 0.1) is 0 Å². The Labute approximate surface area is 60.3 Å². The second-order valence-electron chi connectivity index (χ2n) is 1.00. The molecule has 0 bridgehead atoms. The summed E-state index contributed by atoms with van der Waals surface area (Å²) in [4.78, 5) is 0. The van der Waals surface area contributed by atoms with Gasteiger partial charge in [-0.05, 0) is 28.2 Å². The van der Waals surface area contributed by atoms with E-state index in [1.165, 1.54) is 0 Å². The third-order valence-electron chi connectivity index (χ3n) is 0. The molecule has 0 aliphatic heterocycles. The molecule has 3 heteroatoms. The predicted octanol–water partition coefficient (Wildman–Crippen LogP) is -0.331. The Morgan fingerprint density at radius 2 is 0.714 bits per heavy atom. The first-order valence-corrected chi connectivity index (χ1v) is 2.00. The standard InChI is InChI=1S/2C2H7N.W/c2*1-3-2;/h2*3H,1-2H3;. The fourth-order valence-electron chi connectivity index (χ4n) is 0. The van der Waals surface area contributed by atoms with Crippen molar-refractivity contribution in [3.63, 3.8) is 0 Å². The molecule has 0 aliphatic carbocycles. The van der Waals surface area contributed by atoms with Gasteiger partial charge in [0.15, 0.2) is 0 Å². The van der Waals surface area contributed by atoms with Gasteiger partial charge in [-0.1, -0.05) is 0 Å². The first kappa shape index (κ1) is 15.6. The molecule has 0 aromatic heterocycles. The van der Waals surface area contributed by atoms with Crippen LogP contribution in [0.5, 0.6) is 0 Å². The second kappa shape index (κ2) is 30.6. The summed E-state index contributed by atoms with van der Waals surface area (Å²) >= 11 is 0. The Hall–Kier alpha value is 0.608. The van der Waals surface area contributed by atoms with E-state index in [9.17, 15) is 0 Å². The molecule has 7 heavy (non-hydrogen) atoms. The van der Waals surface area contributed by atoms with Crippen molar-refractivity contribution in [1.29, 1.82) is 0 Å². The molecule has 0 aromatic carbocycles. The van der Waals surface area contributed by atoms with Crippen molar-refractivity contribution in [3.8, 4) is 0 Å². The quantitative estimate of drug-likeness (QED) is 0.632. The number of rotatable bonds is 0. The van der Waals surface area contributed by atoms with Crippen molar-refractivity contribution in [2.75, 3.05) is 28.2 Å². The third-order valence-corrected chi connectivity index (χ3v) is 0. The average molecular weight is 274 g/mol. The van der Waals surface area contributed by atoms with Gasteiger partial charge in [-0.25, -0.2) is 0 Å². The Morgan fingerprint density at radius 3 is 0.714 bits per heavy atom. The molecule has 0 spiro atoms. The van der Waals surface area contributed by atoms with Gasteiger partial charge in [0.1, 0.15) is 0 Å². The van der Waals surface area contributed by atoms with Crippen LogP contribution >= 0.6 is 0 Å². The average Bonchev–Trinajstić information content (AvgIpc) is 1.39.